The Morgan fingerprint density at radius 1 is 1.25 bits per heavy atom. The third-order valence-corrected chi connectivity index (χ3v) is 5.33. The van der Waals surface area contributed by atoms with Crippen LogP contribution in [0.3, 0.4) is 0 Å². The highest BCUT2D eigenvalue weighted by molar-refractivity contribution is 7.15. The molecule has 0 fully saturated rings. The molecule has 6 nitrogen and oxygen atoms in total. The van der Waals surface area contributed by atoms with Crippen molar-refractivity contribution in [3.8, 4) is 22.6 Å². The third kappa shape index (κ3) is 3.48. The van der Waals surface area contributed by atoms with Gasteiger partial charge in [-0.3, -0.25) is 4.40 Å². The molecule has 1 atom stereocenters. The fourth-order valence-corrected chi connectivity index (χ4v) is 3.73. The topological polar surface area (TPSA) is 75.3 Å². The molecule has 2 N–H and O–H groups in total. The molecule has 0 aliphatic carbocycles. The third-order valence-electron chi connectivity index (χ3n) is 4.57. The van der Waals surface area contributed by atoms with Gasteiger partial charge in [-0.15, -0.1) is 11.3 Å². The van der Waals surface area contributed by atoms with E-state index in [-0.39, 0.29) is 24.4 Å². The maximum atomic E-state index is 13.8. The Morgan fingerprint density at radius 3 is 2.86 bits per heavy atom. The van der Waals surface area contributed by atoms with Crippen molar-refractivity contribution in [2.75, 3.05) is 11.9 Å². The van der Waals surface area contributed by atoms with Gasteiger partial charge in [-0.2, -0.15) is 0 Å². The SMILES string of the molecule is CC(C)[C@@H](CO)Nc1nccc(-c2c(-c3cccc(F)c3)nc3sccn23)n1. The van der Waals surface area contributed by atoms with Crippen LogP contribution in [-0.4, -0.2) is 37.1 Å². The zero-order valence-corrected chi connectivity index (χ0v) is 16.3. The molecule has 0 aliphatic rings. The predicted molar refractivity (Wildman–Crippen MR) is 109 cm³/mol. The van der Waals surface area contributed by atoms with Gasteiger partial charge in [0.25, 0.3) is 0 Å². The maximum absolute atomic E-state index is 13.8. The molecular weight excluding hydrogens is 377 g/mol. The van der Waals surface area contributed by atoms with Crippen LogP contribution in [0.1, 0.15) is 13.8 Å². The van der Waals surface area contributed by atoms with Gasteiger partial charge in [0.1, 0.15) is 11.5 Å². The van der Waals surface area contributed by atoms with Gasteiger partial charge in [-0.1, -0.05) is 26.0 Å². The second-order valence-electron chi connectivity index (χ2n) is 6.82. The second kappa shape index (κ2) is 7.65. The first-order chi connectivity index (χ1) is 13.6. The molecule has 3 heterocycles. The molecule has 144 valence electrons. The van der Waals surface area contributed by atoms with E-state index in [1.165, 1.54) is 23.5 Å². The number of nitrogens with one attached hydrogen (secondary N) is 1. The molecule has 4 rings (SSSR count). The summed E-state index contributed by atoms with van der Waals surface area (Å²) in [6.07, 6.45) is 3.59. The average Bonchev–Trinajstić information content (AvgIpc) is 3.27. The van der Waals surface area contributed by atoms with E-state index in [4.69, 9.17) is 0 Å². The summed E-state index contributed by atoms with van der Waals surface area (Å²) in [5.74, 6) is 0.340. The van der Waals surface area contributed by atoms with Crippen LogP contribution in [0.15, 0.2) is 48.1 Å². The molecule has 8 heteroatoms. The summed E-state index contributed by atoms with van der Waals surface area (Å²) in [6.45, 7) is 4.03. The fraction of sp³-hybridized carbons (Fsp3) is 0.250. The van der Waals surface area contributed by atoms with E-state index in [1.807, 2.05) is 35.9 Å². The lowest BCUT2D eigenvalue weighted by Crippen LogP contribution is -2.30. The van der Waals surface area contributed by atoms with Crippen molar-refractivity contribution < 1.29 is 9.50 Å². The number of rotatable bonds is 6. The summed E-state index contributed by atoms with van der Waals surface area (Å²) in [4.78, 5) is 14.4. The predicted octanol–water partition coefficient (Wildman–Crippen LogP) is 4.09. The van der Waals surface area contributed by atoms with Gasteiger partial charge in [0, 0.05) is 23.3 Å². The van der Waals surface area contributed by atoms with Crippen molar-refractivity contribution in [2.45, 2.75) is 19.9 Å². The van der Waals surface area contributed by atoms with Crippen LogP contribution in [0.25, 0.3) is 27.6 Å². The van der Waals surface area contributed by atoms with Crippen molar-refractivity contribution in [1.82, 2.24) is 19.4 Å². The van der Waals surface area contributed by atoms with E-state index < -0.39 is 0 Å². The number of aromatic nitrogens is 4. The minimum absolute atomic E-state index is 0.0126. The molecule has 0 aliphatic heterocycles. The Balaban J connectivity index is 1.82. The number of anilines is 1. The minimum atomic E-state index is -0.312. The van der Waals surface area contributed by atoms with Gasteiger partial charge >= 0.3 is 0 Å². The Hall–Kier alpha value is -2.84. The van der Waals surface area contributed by atoms with Gasteiger partial charge in [0.05, 0.1) is 24.0 Å². The summed E-state index contributed by atoms with van der Waals surface area (Å²) in [6, 6.07) is 8.04. The van der Waals surface area contributed by atoms with Crippen LogP contribution >= 0.6 is 11.3 Å². The molecule has 28 heavy (non-hydrogen) atoms. The number of nitrogens with zero attached hydrogens (tertiary/aromatic N) is 4. The van der Waals surface area contributed by atoms with Crippen LogP contribution < -0.4 is 5.32 Å². The first kappa shape index (κ1) is 18.5. The molecule has 1 aromatic carbocycles. The van der Waals surface area contributed by atoms with E-state index in [2.05, 4.69) is 20.3 Å². The lowest BCUT2D eigenvalue weighted by atomic mass is 10.1. The number of benzene rings is 1. The Bertz CT molecular complexity index is 1110. The normalized spacial score (nSPS) is 12.6. The van der Waals surface area contributed by atoms with Gasteiger partial charge in [0.15, 0.2) is 4.96 Å². The quantitative estimate of drug-likeness (QED) is 0.513. The Labute approximate surface area is 165 Å². The van der Waals surface area contributed by atoms with E-state index in [0.717, 1.165) is 10.7 Å². The summed E-state index contributed by atoms with van der Waals surface area (Å²) in [5.41, 5.74) is 2.80. The van der Waals surface area contributed by atoms with Gasteiger partial charge < -0.3 is 10.4 Å². The number of imidazole rings is 1. The highest BCUT2D eigenvalue weighted by Gasteiger charge is 2.20. The second-order valence-corrected chi connectivity index (χ2v) is 7.69. The van der Waals surface area contributed by atoms with E-state index in [1.54, 1.807) is 18.3 Å². The van der Waals surface area contributed by atoms with Crippen molar-refractivity contribution in [2.24, 2.45) is 5.92 Å². The van der Waals surface area contributed by atoms with Crippen LogP contribution in [-0.2, 0) is 0 Å². The van der Waals surface area contributed by atoms with Gasteiger partial charge in [-0.05, 0) is 24.1 Å². The number of aliphatic hydroxyl groups is 1. The van der Waals surface area contributed by atoms with Gasteiger partial charge in [0.2, 0.25) is 5.95 Å². The van der Waals surface area contributed by atoms with Crippen molar-refractivity contribution >= 4 is 22.2 Å². The number of hydrogen-bond acceptors (Lipinski definition) is 6. The number of halogens is 1. The van der Waals surface area contributed by atoms with E-state index in [9.17, 15) is 9.50 Å². The molecule has 0 radical (unpaired) electrons. The molecule has 0 bridgehead atoms. The number of fused-ring (bicyclic) bond motifs is 1. The average molecular weight is 397 g/mol. The van der Waals surface area contributed by atoms with Crippen LogP contribution in [0, 0.1) is 11.7 Å². The molecule has 0 saturated carbocycles. The first-order valence-electron chi connectivity index (χ1n) is 8.99. The smallest absolute Gasteiger partial charge is 0.223 e. The molecule has 3 aromatic heterocycles. The highest BCUT2D eigenvalue weighted by Crippen LogP contribution is 2.33. The van der Waals surface area contributed by atoms with Crippen LogP contribution in [0.2, 0.25) is 0 Å². The van der Waals surface area contributed by atoms with Gasteiger partial charge in [-0.25, -0.2) is 19.3 Å². The first-order valence-corrected chi connectivity index (χ1v) is 9.87. The highest BCUT2D eigenvalue weighted by atomic mass is 32.1. The molecule has 0 saturated heterocycles. The summed E-state index contributed by atoms with van der Waals surface area (Å²) in [5, 5.41) is 14.7. The number of hydrogen-bond donors (Lipinski definition) is 2. The lowest BCUT2D eigenvalue weighted by molar-refractivity contribution is 0.248. The Morgan fingerprint density at radius 2 is 2.11 bits per heavy atom. The summed E-state index contributed by atoms with van der Waals surface area (Å²) in [7, 11) is 0. The number of aliphatic hydroxyl groups excluding tert-OH is 1. The molecule has 4 aromatic rings. The zero-order chi connectivity index (χ0) is 19.7. The largest absolute Gasteiger partial charge is 0.394 e. The van der Waals surface area contributed by atoms with Crippen LogP contribution in [0.4, 0.5) is 10.3 Å². The standard InChI is InChI=1S/C20H20FN5OS/c1-12(2)16(11-27)24-19-22-7-6-15(23-19)18-17(13-4-3-5-14(21)10-13)25-20-26(18)8-9-28-20/h3-10,12,16,27H,11H2,1-2H3,(H,22,23,24)/t16-/m1/s1. The van der Waals surface area contributed by atoms with E-state index in [0.29, 0.717) is 22.9 Å². The van der Waals surface area contributed by atoms with Crippen LogP contribution in [0.5, 0.6) is 0 Å². The summed E-state index contributed by atoms with van der Waals surface area (Å²) < 4.78 is 15.7. The van der Waals surface area contributed by atoms with Crippen molar-refractivity contribution in [3.05, 3.63) is 53.9 Å². The maximum Gasteiger partial charge on any atom is 0.223 e. The molecule has 0 spiro atoms. The van der Waals surface area contributed by atoms with Crippen molar-refractivity contribution in [3.63, 3.8) is 0 Å². The molecule has 0 amide bonds. The van der Waals surface area contributed by atoms with E-state index >= 15 is 0 Å². The molecular formula is C20H20FN5OS. The number of thiazole rings is 1. The molecule has 0 unspecified atom stereocenters. The summed E-state index contributed by atoms with van der Waals surface area (Å²) >= 11 is 1.50. The monoisotopic (exact) mass is 397 g/mol. The fourth-order valence-electron chi connectivity index (χ4n) is 3.02. The lowest BCUT2D eigenvalue weighted by Gasteiger charge is -2.19. The minimum Gasteiger partial charge on any atom is -0.394 e. The Kier molecular flexibility index (Phi) is 5.06. The zero-order valence-electron chi connectivity index (χ0n) is 15.5. The van der Waals surface area contributed by atoms with Crippen molar-refractivity contribution in [1.29, 1.82) is 0 Å².